The van der Waals surface area contributed by atoms with E-state index in [9.17, 15) is 4.79 Å². The van der Waals surface area contributed by atoms with Crippen LogP contribution in [0.3, 0.4) is 0 Å². The first-order chi connectivity index (χ1) is 9.06. The van der Waals surface area contributed by atoms with Crippen molar-refractivity contribution in [3.63, 3.8) is 0 Å². The summed E-state index contributed by atoms with van der Waals surface area (Å²) in [6.07, 6.45) is 7.01. The molecule has 1 amide bonds. The van der Waals surface area contributed by atoms with Crippen LogP contribution in [0, 0.1) is 5.41 Å². The molecule has 19 heavy (non-hydrogen) atoms. The first-order valence-electron chi connectivity index (χ1n) is 7.29. The largest absolute Gasteiger partial charge is 0.392 e. The van der Waals surface area contributed by atoms with Crippen LogP contribution in [-0.2, 0) is 9.53 Å². The molecule has 5 heteroatoms. The number of carbonyl (C=O) groups is 1. The zero-order chi connectivity index (χ0) is 13.9. The van der Waals surface area contributed by atoms with E-state index in [-0.39, 0.29) is 18.1 Å². The van der Waals surface area contributed by atoms with E-state index in [2.05, 4.69) is 5.32 Å². The van der Waals surface area contributed by atoms with Gasteiger partial charge in [0, 0.05) is 6.61 Å². The van der Waals surface area contributed by atoms with Gasteiger partial charge in [-0.1, -0.05) is 31.5 Å². The number of rotatable bonds is 4. The lowest BCUT2D eigenvalue weighted by molar-refractivity contribution is -0.130. The summed E-state index contributed by atoms with van der Waals surface area (Å²) >= 11 is 5.18. The second-order valence-electron chi connectivity index (χ2n) is 5.82. The molecule has 1 heterocycles. The monoisotopic (exact) mass is 284 g/mol. The highest BCUT2D eigenvalue weighted by atomic mass is 32.1. The molecule has 1 aliphatic heterocycles. The number of thiocarbonyl (C=S) groups is 1. The molecule has 0 radical (unpaired) electrons. The van der Waals surface area contributed by atoms with Gasteiger partial charge in [-0.25, -0.2) is 0 Å². The molecule has 2 atom stereocenters. The summed E-state index contributed by atoms with van der Waals surface area (Å²) in [4.78, 5) is 12.9. The van der Waals surface area contributed by atoms with E-state index in [1.807, 2.05) is 6.92 Å². The van der Waals surface area contributed by atoms with Gasteiger partial charge in [0.05, 0.1) is 22.5 Å². The van der Waals surface area contributed by atoms with Gasteiger partial charge in [-0.05, 0) is 32.6 Å². The zero-order valence-corrected chi connectivity index (χ0v) is 12.4. The predicted molar refractivity (Wildman–Crippen MR) is 78.9 cm³/mol. The molecule has 0 aromatic rings. The van der Waals surface area contributed by atoms with Crippen LogP contribution in [0.4, 0.5) is 0 Å². The highest BCUT2D eigenvalue weighted by Gasteiger charge is 2.43. The highest BCUT2D eigenvalue weighted by molar-refractivity contribution is 7.80. The molecule has 1 saturated heterocycles. The minimum atomic E-state index is -0.625. The molecule has 108 valence electrons. The van der Waals surface area contributed by atoms with Gasteiger partial charge in [0.25, 0.3) is 0 Å². The second-order valence-corrected chi connectivity index (χ2v) is 6.26. The van der Waals surface area contributed by atoms with Crippen LogP contribution in [0.5, 0.6) is 0 Å². The van der Waals surface area contributed by atoms with Crippen molar-refractivity contribution in [2.24, 2.45) is 11.1 Å². The van der Waals surface area contributed by atoms with Crippen LogP contribution in [0.1, 0.15) is 51.9 Å². The summed E-state index contributed by atoms with van der Waals surface area (Å²) in [5, 5.41) is 3.08. The van der Waals surface area contributed by atoms with Crippen molar-refractivity contribution >= 4 is 23.1 Å². The van der Waals surface area contributed by atoms with E-state index in [0.717, 1.165) is 45.1 Å². The molecular formula is C14H24N2O2S. The smallest absolute Gasteiger partial charge is 0.233 e. The van der Waals surface area contributed by atoms with Crippen molar-refractivity contribution < 1.29 is 9.53 Å². The number of nitrogens with two attached hydrogens (primary N) is 1. The number of carbonyl (C=O) groups excluding carboxylic acids is 1. The molecular weight excluding hydrogens is 260 g/mol. The Bertz CT molecular complexity index is 347. The standard InChI is InChI=1S/C14H24N2O2S/c1-10(11-6-5-9-18-11)16-13(17)14(12(15)19)7-3-2-4-8-14/h10-11H,2-9H2,1H3,(H2,15,19)(H,16,17). The van der Waals surface area contributed by atoms with Crippen molar-refractivity contribution in [2.45, 2.75) is 64.0 Å². The van der Waals surface area contributed by atoms with Crippen molar-refractivity contribution in [1.29, 1.82) is 0 Å². The van der Waals surface area contributed by atoms with E-state index in [4.69, 9.17) is 22.7 Å². The Morgan fingerprint density at radius 3 is 2.58 bits per heavy atom. The fourth-order valence-electron chi connectivity index (χ4n) is 3.18. The van der Waals surface area contributed by atoms with Crippen molar-refractivity contribution in [3.05, 3.63) is 0 Å². The lowest BCUT2D eigenvalue weighted by atomic mass is 9.73. The number of hydrogen-bond acceptors (Lipinski definition) is 3. The fraction of sp³-hybridized carbons (Fsp3) is 0.857. The molecule has 0 aromatic heterocycles. The molecule has 1 aliphatic carbocycles. The van der Waals surface area contributed by atoms with Gasteiger partial charge in [-0.3, -0.25) is 4.79 Å². The molecule has 1 saturated carbocycles. The highest BCUT2D eigenvalue weighted by Crippen LogP contribution is 2.37. The van der Waals surface area contributed by atoms with Crippen LogP contribution in [0.15, 0.2) is 0 Å². The summed E-state index contributed by atoms with van der Waals surface area (Å²) in [6, 6.07) is 0.0307. The lowest BCUT2D eigenvalue weighted by Gasteiger charge is -2.36. The summed E-state index contributed by atoms with van der Waals surface area (Å²) in [6.45, 7) is 2.80. The summed E-state index contributed by atoms with van der Waals surface area (Å²) in [7, 11) is 0. The molecule has 2 rings (SSSR count). The summed E-state index contributed by atoms with van der Waals surface area (Å²) in [5.41, 5.74) is 5.25. The van der Waals surface area contributed by atoms with Gasteiger partial charge in [0.1, 0.15) is 0 Å². The van der Waals surface area contributed by atoms with Gasteiger partial charge in [0.2, 0.25) is 5.91 Å². The van der Waals surface area contributed by atoms with Crippen molar-refractivity contribution in [1.82, 2.24) is 5.32 Å². The van der Waals surface area contributed by atoms with Crippen LogP contribution in [-0.4, -0.2) is 29.6 Å². The van der Waals surface area contributed by atoms with E-state index >= 15 is 0 Å². The third-order valence-electron chi connectivity index (χ3n) is 4.49. The topological polar surface area (TPSA) is 64.4 Å². The summed E-state index contributed by atoms with van der Waals surface area (Å²) < 4.78 is 5.62. The van der Waals surface area contributed by atoms with Crippen LogP contribution in [0.25, 0.3) is 0 Å². The molecule has 0 aromatic carbocycles. The third-order valence-corrected chi connectivity index (χ3v) is 4.89. The van der Waals surface area contributed by atoms with Gasteiger partial charge in [-0.2, -0.15) is 0 Å². The Morgan fingerprint density at radius 1 is 1.37 bits per heavy atom. The third kappa shape index (κ3) is 3.08. The van der Waals surface area contributed by atoms with Gasteiger partial charge in [-0.15, -0.1) is 0 Å². The van der Waals surface area contributed by atoms with E-state index < -0.39 is 5.41 Å². The number of ether oxygens (including phenoxy) is 1. The Kier molecular flexibility index (Phi) is 4.79. The maximum Gasteiger partial charge on any atom is 0.233 e. The molecule has 4 nitrogen and oxygen atoms in total. The van der Waals surface area contributed by atoms with Crippen LogP contribution >= 0.6 is 12.2 Å². The molecule has 0 bridgehead atoms. The Balaban J connectivity index is 2.01. The molecule has 2 unspecified atom stereocenters. The van der Waals surface area contributed by atoms with E-state index in [0.29, 0.717) is 4.99 Å². The van der Waals surface area contributed by atoms with Crippen molar-refractivity contribution in [3.8, 4) is 0 Å². The Hall–Kier alpha value is -0.680. The van der Waals surface area contributed by atoms with E-state index in [1.54, 1.807) is 0 Å². The molecule has 0 spiro atoms. The Morgan fingerprint density at radius 2 is 2.05 bits per heavy atom. The lowest BCUT2D eigenvalue weighted by Crippen LogP contribution is -2.54. The van der Waals surface area contributed by atoms with Gasteiger partial charge >= 0.3 is 0 Å². The predicted octanol–water partition coefficient (Wildman–Crippen LogP) is 1.91. The van der Waals surface area contributed by atoms with Crippen molar-refractivity contribution in [2.75, 3.05) is 6.61 Å². The number of hydrogen-bond donors (Lipinski definition) is 2. The molecule has 2 aliphatic rings. The maximum absolute atomic E-state index is 12.6. The molecule has 3 N–H and O–H groups in total. The Labute approximate surface area is 120 Å². The van der Waals surface area contributed by atoms with E-state index in [1.165, 1.54) is 6.42 Å². The fourth-order valence-corrected chi connectivity index (χ4v) is 3.47. The van der Waals surface area contributed by atoms with Crippen LogP contribution < -0.4 is 11.1 Å². The quantitative estimate of drug-likeness (QED) is 0.774. The SMILES string of the molecule is CC(NC(=O)C1(C(N)=S)CCCCC1)C1CCCO1. The zero-order valence-electron chi connectivity index (χ0n) is 11.6. The average molecular weight is 284 g/mol. The number of amides is 1. The number of nitrogens with one attached hydrogen (secondary N) is 1. The average Bonchev–Trinajstić information content (AvgIpc) is 2.93. The second kappa shape index (κ2) is 6.18. The minimum Gasteiger partial charge on any atom is -0.392 e. The maximum atomic E-state index is 12.6. The first-order valence-corrected chi connectivity index (χ1v) is 7.69. The molecule has 2 fully saturated rings. The van der Waals surface area contributed by atoms with Gasteiger partial charge in [0.15, 0.2) is 0 Å². The minimum absolute atomic E-state index is 0.00250. The normalized spacial score (nSPS) is 27.7. The first kappa shape index (κ1) is 14.7. The van der Waals surface area contributed by atoms with Gasteiger partial charge < -0.3 is 15.8 Å². The summed E-state index contributed by atoms with van der Waals surface area (Å²) in [5.74, 6) is 0.00250. The van der Waals surface area contributed by atoms with Crippen LogP contribution in [0.2, 0.25) is 0 Å².